The summed E-state index contributed by atoms with van der Waals surface area (Å²) in [6, 6.07) is 2.27. The van der Waals surface area contributed by atoms with Crippen LogP contribution in [0.1, 0.15) is 20.8 Å². The van der Waals surface area contributed by atoms with E-state index in [1.165, 1.54) is 0 Å². The fraction of sp³-hybridized carbons (Fsp3) is 0.643. The smallest absolute Gasteiger partial charge is 0.410 e. The molecule has 0 spiro atoms. The van der Waals surface area contributed by atoms with Gasteiger partial charge in [0.15, 0.2) is 0 Å². The van der Waals surface area contributed by atoms with Crippen molar-refractivity contribution in [3.05, 3.63) is 9.77 Å². The molecule has 1 fully saturated rings. The van der Waals surface area contributed by atoms with Gasteiger partial charge in [-0.05, 0) is 43.4 Å². The van der Waals surface area contributed by atoms with Crippen LogP contribution in [-0.2, 0) is 4.74 Å². The molecule has 0 saturated carbocycles. The van der Waals surface area contributed by atoms with E-state index in [2.05, 4.69) is 37.5 Å². The summed E-state index contributed by atoms with van der Waals surface area (Å²) in [4.78, 5) is 24.4. The number of rotatable bonds is 2. The van der Waals surface area contributed by atoms with Gasteiger partial charge in [0.25, 0.3) is 0 Å². The largest absolute Gasteiger partial charge is 0.467 e. The van der Waals surface area contributed by atoms with Crippen LogP contribution in [0.5, 0.6) is 6.01 Å². The number of nitrogens with zero attached hydrogens (tertiary/aromatic N) is 4. The van der Waals surface area contributed by atoms with Crippen molar-refractivity contribution in [2.75, 3.05) is 38.2 Å². The summed E-state index contributed by atoms with van der Waals surface area (Å²) in [5.74, 6) is 0.820. The maximum Gasteiger partial charge on any atom is 0.410 e. The fourth-order valence-electron chi connectivity index (χ4n) is 2.08. The molecule has 0 atom stereocenters. The normalized spacial score (nSPS) is 15.7. The van der Waals surface area contributed by atoms with Crippen LogP contribution in [-0.4, -0.2) is 59.9 Å². The molecule has 2 heterocycles. The quantitative estimate of drug-likeness (QED) is 0.540. The number of halogens is 1. The van der Waals surface area contributed by atoms with Crippen molar-refractivity contribution in [3.8, 4) is 6.01 Å². The van der Waals surface area contributed by atoms with Crippen molar-refractivity contribution in [3.63, 3.8) is 0 Å². The second-order valence-corrected chi connectivity index (χ2v) is 7.10. The Morgan fingerprint density at radius 2 is 1.86 bits per heavy atom. The molecule has 2 rings (SSSR count). The summed E-state index contributed by atoms with van der Waals surface area (Å²) in [7, 11) is 1.55. The second-order valence-electron chi connectivity index (χ2n) is 5.99. The first kappa shape index (κ1) is 17.0. The number of hydrogen-bond donors (Lipinski definition) is 0. The molecule has 0 N–H and O–H groups in total. The van der Waals surface area contributed by atoms with Crippen LogP contribution < -0.4 is 9.64 Å². The van der Waals surface area contributed by atoms with Crippen molar-refractivity contribution in [2.45, 2.75) is 26.4 Å². The predicted octanol–water partition coefficient (Wildman–Crippen LogP) is 2.15. The molecule has 0 radical (unpaired) electrons. The average molecular weight is 420 g/mol. The lowest BCUT2D eigenvalue weighted by molar-refractivity contribution is 0.0240. The number of ether oxygens (including phenoxy) is 2. The molecule has 1 amide bonds. The van der Waals surface area contributed by atoms with E-state index in [4.69, 9.17) is 9.47 Å². The van der Waals surface area contributed by atoms with Crippen molar-refractivity contribution < 1.29 is 14.3 Å². The van der Waals surface area contributed by atoms with Gasteiger partial charge in [-0.25, -0.2) is 4.79 Å². The summed E-state index contributed by atoms with van der Waals surface area (Å²) in [5, 5.41) is 0. The fourth-order valence-corrected chi connectivity index (χ4v) is 2.57. The van der Waals surface area contributed by atoms with Gasteiger partial charge in [-0.15, -0.1) is 0 Å². The Morgan fingerprint density at radius 3 is 2.41 bits per heavy atom. The molecule has 1 saturated heterocycles. The highest BCUT2D eigenvalue weighted by atomic mass is 127. The van der Waals surface area contributed by atoms with Crippen molar-refractivity contribution >= 4 is 34.5 Å². The minimum Gasteiger partial charge on any atom is -0.467 e. The molecule has 0 aliphatic carbocycles. The maximum atomic E-state index is 12.0. The van der Waals surface area contributed by atoms with Gasteiger partial charge in [-0.3, -0.25) is 0 Å². The van der Waals surface area contributed by atoms with Gasteiger partial charge < -0.3 is 19.3 Å². The van der Waals surface area contributed by atoms with E-state index in [-0.39, 0.29) is 6.09 Å². The molecule has 1 aliphatic heterocycles. The van der Waals surface area contributed by atoms with Gasteiger partial charge in [0.05, 0.1) is 7.11 Å². The predicted molar refractivity (Wildman–Crippen MR) is 91.3 cm³/mol. The van der Waals surface area contributed by atoms with Crippen LogP contribution in [0.15, 0.2) is 6.07 Å². The first-order chi connectivity index (χ1) is 10.3. The Balaban J connectivity index is 1.97. The van der Waals surface area contributed by atoms with E-state index in [9.17, 15) is 4.79 Å². The van der Waals surface area contributed by atoms with Gasteiger partial charge in [0, 0.05) is 32.2 Å². The van der Waals surface area contributed by atoms with Crippen molar-refractivity contribution in [2.24, 2.45) is 0 Å². The van der Waals surface area contributed by atoms with Crippen LogP contribution >= 0.6 is 22.6 Å². The van der Waals surface area contributed by atoms with E-state index in [1.54, 1.807) is 12.0 Å². The van der Waals surface area contributed by atoms with E-state index < -0.39 is 5.60 Å². The monoisotopic (exact) mass is 420 g/mol. The third kappa shape index (κ3) is 4.59. The third-order valence-electron chi connectivity index (χ3n) is 3.10. The lowest BCUT2D eigenvalue weighted by atomic mass is 10.2. The molecule has 1 aliphatic rings. The zero-order valence-electron chi connectivity index (χ0n) is 13.3. The molecule has 1 aromatic rings. The molecule has 8 heteroatoms. The number of carbonyl (C=O) groups excluding carboxylic acids is 1. The Labute approximate surface area is 144 Å². The van der Waals surface area contributed by atoms with E-state index in [1.807, 2.05) is 26.8 Å². The Bertz CT molecular complexity index is 539. The van der Waals surface area contributed by atoms with E-state index in [0.717, 1.165) is 9.52 Å². The third-order valence-corrected chi connectivity index (χ3v) is 3.65. The molecular formula is C14H21IN4O3. The van der Waals surface area contributed by atoms with Crippen LogP contribution in [0.4, 0.5) is 10.6 Å². The first-order valence-electron chi connectivity index (χ1n) is 7.10. The molecule has 0 bridgehead atoms. The molecule has 122 valence electrons. The Morgan fingerprint density at radius 1 is 1.23 bits per heavy atom. The van der Waals surface area contributed by atoms with Gasteiger partial charge in [-0.2, -0.15) is 9.97 Å². The molecule has 0 unspecified atom stereocenters. The van der Waals surface area contributed by atoms with Gasteiger partial charge in [0.1, 0.15) is 15.1 Å². The molecule has 0 aromatic carbocycles. The van der Waals surface area contributed by atoms with E-state index in [0.29, 0.717) is 32.2 Å². The van der Waals surface area contributed by atoms with Gasteiger partial charge >= 0.3 is 12.1 Å². The summed E-state index contributed by atoms with van der Waals surface area (Å²) in [6.07, 6.45) is -0.262. The lowest BCUT2D eigenvalue weighted by Gasteiger charge is -2.36. The minimum atomic E-state index is -0.468. The SMILES string of the molecule is COc1nc(I)cc(N2CCN(C(=O)OC(C)(C)C)CC2)n1. The van der Waals surface area contributed by atoms with Gasteiger partial charge in [-0.1, -0.05) is 0 Å². The van der Waals surface area contributed by atoms with Crippen LogP contribution in [0.2, 0.25) is 0 Å². The number of methoxy groups -OCH3 is 1. The van der Waals surface area contributed by atoms with E-state index >= 15 is 0 Å². The standard InChI is InChI=1S/C14H21IN4O3/c1-14(2,3)22-13(20)19-7-5-18(6-8-19)11-9-10(15)16-12(17-11)21-4/h9H,5-8H2,1-4H3. The first-order valence-corrected chi connectivity index (χ1v) is 8.18. The summed E-state index contributed by atoms with van der Waals surface area (Å²) in [6.45, 7) is 8.24. The number of piperazine rings is 1. The number of aromatic nitrogens is 2. The number of carbonyl (C=O) groups is 1. The van der Waals surface area contributed by atoms with Crippen LogP contribution in [0.3, 0.4) is 0 Å². The number of anilines is 1. The Kier molecular flexibility index (Phi) is 5.30. The van der Waals surface area contributed by atoms with Crippen LogP contribution in [0.25, 0.3) is 0 Å². The zero-order valence-corrected chi connectivity index (χ0v) is 15.5. The van der Waals surface area contributed by atoms with Crippen molar-refractivity contribution in [1.29, 1.82) is 0 Å². The Hall–Kier alpha value is -1.32. The molecular weight excluding hydrogens is 399 g/mol. The molecule has 1 aromatic heterocycles. The van der Waals surface area contributed by atoms with Crippen LogP contribution in [0, 0.1) is 3.70 Å². The summed E-state index contributed by atoms with van der Waals surface area (Å²) in [5.41, 5.74) is -0.468. The minimum absolute atomic E-state index is 0.262. The highest BCUT2D eigenvalue weighted by Gasteiger charge is 2.26. The second kappa shape index (κ2) is 6.84. The maximum absolute atomic E-state index is 12.0. The molecule has 22 heavy (non-hydrogen) atoms. The topological polar surface area (TPSA) is 67.8 Å². The summed E-state index contributed by atoms with van der Waals surface area (Å²) < 4.78 is 11.3. The zero-order chi connectivity index (χ0) is 16.3. The lowest BCUT2D eigenvalue weighted by Crippen LogP contribution is -2.50. The highest BCUT2D eigenvalue weighted by molar-refractivity contribution is 14.1. The number of amides is 1. The summed E-state index contributed by atoms with van der Waals surface area (Å²) >= 11 is 2.14. The molecule has 7 nitrogen and oxygen atoms in total. The highest BCUT2D eigenvalue weighted by Crippen LogP contribution is 2.20. The van der Waals surface area contributed by atoms with Crippen molar-refractivity contribution in [1.82, 2.24) is 14.9 Å². The number of hydrogen-bond acceptors (Lipinski definition) is 6. The van der Waals surface area contributed by atoms with Gasteiger partial charge in [0.2, 0.25) is 0 Å². The average Bonchev–Trinajstić information content (AvgIpc) is 2.45.